The van der Waals surface area contributed by atoms with Gasteiger partial charge in [0.1, 0.15) is 0 Å². The predicted molar refractivity (Wildman–Crippen MR) is 63.6 cm³/mol. The Bertz CT molecular complexity index is 536. The minimum Gasteiger partial charge on any atom is -0.398 e. The van der Waals surface area contributed by atoms with Gasteiger partial charge in [0.2, 0.25) is 0 Å². The molecule has 0 radical (unpaired) electrons. The molecule has 102 valence electrons. The van der Waals surface area contributed by atoms with E-state index in [9.17, 15) is 21.6 Å². The fraction of sp³-hybridized carbons (Fsp3) is 0.455. The first kappa shape index (κ1) is 14.8. The number of anilines is 1. The van der Waals surface area contributed by atoms with Gasteiger partial charge in [0.15, 0.2) is 9.84 Å². The second kappa shape index (κ2) is 4.79. The van der Waals surface area contributed by atoms with E-state index in [-0.39, 0.29) is 17.0 Å². The highest BCUT2D eigenvalue weighted by Crippen LogP contribution is 2.31. The Balaban J connectivity index is 3.09. The average Bonchev–Trinajstić information content (AvgIpc) is 2.19. The Morgan fingerprint density at radius 3 is 2.22 bits per heavy atom. The van der Waals surface area contributed by atoms with Crippen molar-refractivity contribution in [3.63, 3.8) is 0 Å². The first-order valence-corrected chi connectivity index (χ1v) is 6.93. The lowest BCUT2D eigenvalue weighted by Gasteiger charge is -2.12. The highest BCUT2D eigenvalue weighted by atomic mass is 32.2. The van der Waals surface area contributed by atoms with Crippen LogP contribution in [0.2, 0.25) is 0 Å². The Hall–Kier alpha value is -1.24. The summed E-state index contributed by atoms with van der Waals surface area (Å²) in [7, 11) is -3.38. The number of benzene rings is 1. The lowest BCUT2D eigenvalue weighted by atomic mass is 10.1. The maximum Gasteiger partial charge on any atom is 0.416 e. The molecule has 0 aromatic heterocycles. The molecule has 18 heavy (non-hydrogen) atoms. The molecule has 2 N–H and O–H groups in total. The largest absolute Gasteiger partial charge is 0.416 e. The molecule has 0 unspecified atom stereocenters. The second-order valence-electron chi connectivity index (χ2n) is 4.27. The lowest BCUT2D eigenvalue weighted by molar-refractivity contribution is -0.137. The minimum atomic E-state index is -4.48. The van der Waals surface area contributed by atoms with Gasteiger partial charge in [-0.15, -0.1) is 0 Å². The third-order valence-electron chi connectivity index (χ3n) is 2.55. The van der Waals surface area contributed by atoms with Gasteiger partial charge in [0.25, 0.3) is 0 Å². The maximum atomic E-state index is 12.4. The third-order valence-corrected chi connectivity index (χ3v) is 4.70. The van der Waals surface area contributed by atoms with E-state index in [1.807, 2.05) is 0 Å². The molecule has 0 heterocycles. The van der Waals surface area contributed by atoms with Crippen molar-refractivity contribution in [2.24, 2.45) is 0 Å². The molecule has 0 spiro atoms. The molecule has 7 heteroatoms. The number of rotatable bonds is 3. The van der Waals surface area contributed by atoms with Gasteiger partial charge in [0.05, 0.1) is 16.6 Å². The maximum absolute atomic E-state index is 12.4. The van der Waals surface area contributed by atoms with E-state index in [1.165, 1.54) is 13.8 Å². The summed E-state index contributed by atoms with van der Waals surface area (Å²) >= 11 is 0. The molecule has 1 aromatic rings. The van der Waals surface area contributed by atoms with Crippen molar-refractivity contribution in [3.05, 3.63) is 29.3 Å². The van der Waals surface area contributed by atoms with Crippen LogP contribution in [0, 0.1) is 0 Å². The summed E-state index contributed by atoms with van der Waals surface area (Å²) in [5, 5.41) is -0.598. The fourth-order valence-corrected chi connectivity index (χ4v) is 2.32. The van der Waals surface area contributed by atoms with Crippen LogP contribution in [-0.2, 0) is 21.8 Å². The van der Waals surface area contributed by atoms with Crippen molar-refractivity contribution in [2.75, 3.05) is 5.73 Å². The third kappa shape index (κ3) is 3.38. The highest BCUT2D eigenvalue weighted by Gasteiger charge is 2.31. The number of nitrogens with two attached hydrogens (primary N) is 1. The first-order valence-electron chi connectivity index (χ1n) is 5.21. The minimum absolute atomic E-state index is 0.158. The summed E-state index contributed by atoms with van der Waals surface area (Å²) in [5.41, 5.74) is 4.61. The Morgan fingerprint density at radius 1 is 1.28 bits per heavy atom. The summed E-state index contributed by atoms with van der Waals surface area (Å²) in [6.45, 7) is 3.02. The number of hydrogen-bond donors (Lipinski definition) is 1. The molecule has 1 aromatic carbocycles. The van der Waals surface area contributed by atoms with Crippen LogP contribution in [-0.4, -0.2) is 13.7 Å². The van der Waals surface area contributed by atoms with Gasteiger partial charge in [-0.1, -0.05) is 6.07 Å². The lowest BCUT2D eigenvalue weighted by Crippen LogP contribution is -2.17. The smallest absolute Gasteiger partial charge is 0.398 e. The van der Waals surface area contributed by atoms with Crippen LogP contribution in [0.15, 0.2) is 18.2 Å². The molecule has 0 aliphatic rings. The zero-order valence-electron chi connectivity index (χ0n) is 9.95. The monoisotopic (exact) mass is 281 g/mol. The van der Waals surface area contributed by atoms with Crippen molar-refractivity contribution in [2.45, 2.75) is 31.0 Å². The van der Waals surface area contributed by atoms with E-state index < -0.39 is 26.8 Å². The van der Waals surface area contributed by atoms with E-state index >= 15 is 0 Å². The number of halogens is 3. The van der Waals surface area contributed by atoms with E-state index in [0.29, 0.717) is 0 Å². The molecule has 0 amide bonds. The van der Waals surface area contributed by atoms with E-state index in [4.69, 9.17) is 5.73 Å². The van der Waals surface area contributed by atoms with Crippen LogP contribution < -0.4 is 5.73 Å². The van der Waals surface area contributed by atoms with Gasteiger partial charge in [-0.25, -0.2) is 8.42 Å². The van der Waals surface area contributed by atoms with Crippen molar-refractivity contribution in [1.82, 2.24) is 0 Å². The summed E-state index contributed by atoms with van der Waals surface area (Å²) in [6, 6.07) is 2.70. The Labute approximate surface area is 104 Å². The van der Waals surface area contributed by atoms with Crippen LogP contribution >= 0.6 is 0 Å². The summed E-state index contributed by atoms with van der Waals surface area (Å²) < 4.78 is 60.5. The van der Waals surface area contributed by atoms with Crippen molar-refractivity contribution in [1.29, 1.82) is 0 Å². The number of sulfone groups is 1. The molecule has 3 nitrogen and oxygen atoms in total. The zero-order chi connectivity index (χ0) is 14.1. The number of hydrogen-bond acceptors (Lipinski definition) is 3. The van der Waals surface area contributed by atoms with Crippen LogP contribution in [0.5, 0.6) is 0 Å². The van der Waals surface area contributed by atoms with Crippen LogP contribution in [0.1, 0.15) is 25.0 Å². The van der Waals surface area contributed by atoms with Crippen molar-refractivity contribution in [3.8, 4) is 0 Å². The number of alkyl halides is 3. The fourth-order valence-electron chi connectivity index (χ4n) is 1.29. The standard InChI is InChI=1S/C11H14F3NO2S/c1-7(2)18(16,17)6-8-3-4-9(5-10(8)15)11(12,13)14/h3-5,7H,6,15H2,1-2H3. The average molecular weight is 281 g/mol. The number of nitrogen functional groups attached to an aromatic ring is 1. The Kier molecular flexibility index (Phi) is 3.95. The SMILES string of the molecule is CC(C)S(=O)(=O)Cc1ccc(C(F)(F)F)cc1N. The molecule has 0 aliphatic heterocycles. The summed E-state index contributed by atoms with van der Waals surface area (Å²) in [5.74, 6) is -0.353. The molecular weight excluding hydrogens is 267 g/mol. The molecule has 0 fully saturated rings. The van der Waals surface area contributed by atoms with Crippen molar-refractivity contribution >= 4 is 15.5 Å². The summed E-state index contributed by atoms with van der Waals surface area (Å²) in [4.78, 5) is 0. The van der Waals surface area contributed by atoms with Crippen LogP contribution in [0.4, 0.5) is 18.9 Å². The topological polar surface area (TPSA) is 60.2 Å². The molecule has 1 rings (SSSR count). The molecule has 0 saturated carbocycles. The van der Waals surface area contributed by atoms with Gasteiger partial charge in [-0.2, -0.15) is 13.2 Å². The molecule has 0 bridgehead atoms. The molecular formula is C11H14F3NO2S. The van der Waals surface area contributed by atoms with Gasteiger partial charge in [-0.3, -0.25) is 0 Å². The van der Waals surface area contributed by atoms with E-state index in [0.717, 1.165) is 18.2 Å². The molecule has 0 saturated heterocycles. The van der Waals surface area contributed by atoms with Crippen molar-refractivity contribution < 1.29 is 21.6 Å². The zero-order valence-corrected chi connectivity index (χ0v) is 10.8. The van der Waals surface area contributed by atoms with E-state index in [2.05, 4.69) is 0 Å². The quantitative estimate of drug-likeness (QED) is 0.866. The first-order chi connectivity index (χ1) is 8.04. The molecule has 0 aliphatic carbocycles. The normalized spacial score (nSPS) is 13.0. The Morgan fingerprint density at radius 2 is 1.83 bits per heavy atom. The van der Waals surface area contributed by atoms with Gasteiger partial charge >= 0.3 is 6.18 Å². The predicted octanol–water partition coefficient (Wildman–Crippen LogP) is 2.61. The van der Waals surface area contributed by atoms with Gasteiger partial charge < -0.3 is 5.73 Å². The van der Waals surface area contributed by atoms with Crippen LogP contribution in [0.25, 0.3) is 0 Å². The van der Waals surface area contributed by atoms with Crippen LogP contribution in [0.3, 0.4) is 0 Å². The van der Waals surface area contributed by atoms with Gasteiger partial charge in [-0.05, 0) is 31.5 Å². The summed E-state index contributed by atoms with van der Waals surface area (Å²) in [6.07, 6.45) is -4.48. The highest BCUT2D eigenvalue weighted by molar-refractivity contribution is 7.91. The van der Waals surface area contributed by atoms with E-state index in [1.54, 1.807) is 0 Å². The second-order valence-corrected chi connectivity index (χ2v) is 6.82. The molecule has 0 atom stereocenters. The van der Waals surface area contributed by atoms with Gasteiger partial charge in [0, 0.05) is 5.69 Å².